The van der Waals surface area contributed by atoms with Crippen LogP contribution in [0.2, 0.25) is 0 Å². The van der Waals surface area contributed by atoms with Gasteiger partial charge >= 0.3 is 0 Å². The Morgan fingerprint density at radius 2 is 2.28 bits per heavy atom. The number of nitrogens with zero attached hydrogens (tertiary/aromatic N) is 5. The van der Waals surface area contributed by atoms with Gasteiger partial charge in [0.15, 0.2) is 5.65 Å². The molecule has 2 aromatic heterocycles. The first-order valence-electron chi connectivity index (χ1n) is 6.40. The Balaban J connectivity index is 2.04. The summed E-state index contributed by atoms with van der Waals surface area (Å²) in [5, 5.41) is 5.27. The van der Waals surface area contributed by atoms with E-state index in [-0.39, 0.29) is 0 Å². The molecule has 0 spiro atoms. The maximum absolute atomic E-state index is 5.73. The van der Waals surface area contributed by atoms with Crippen LogP contribution < -0.4 is 10.6 Å². The molecule has 96 valence electrons. The Bertz CT molecular complexity index is 544. The average Bonchev–Trinajstić information content (AvgIpc) is 2.69. The molecule has 18 heavy (non-hydrogen) atoms. The van der Waals surface area contributed by atoms with Crippen LogP contribution in [0.15, 0.2) is 12.5 Å². The first kappa shape index (κ1) is 11.4. The molecule has 0 radical (unpaired) electrons. The van der Waals surface area contributed by atoms with Gasteiger partial charge in [-0.3, -0.25) is 4.68 Å². The molecule has 6 nitrogen and oxygen atoms in total. The van der Waals surface area contributed by atoms with Crippen molar-refractivity contribution in [2.45, 2.75) is 25.3 Å². The second-order valence-corrected chi connectivity index (χ2v) is 4.77. The van der Waals surface area contributed by atoms with Crippen molar-refractivity contribution in [2.75, 3.05) is 18.0 Å². The van der Waals surface area contributed by atoms with Gasteiger partial charge in [-0.2, -0.15) is 5.10 Å². The normalized spacial score (nSPS) is 15.9. The van der Waals surface area contributed by atoms with E-state index >= 15 is 0 Å². The summed E-state index contributed by atoms with van der Waals surface area (Å²) >= 11 is 0. The van der Waals surface area contributed by atoms with Crippen molar-refractivity contribution in [1.82, 2.24) is 19.7 Å². The molecule has 0 unspecified atom stereocenters. The molecule has 2 aromatic rings. The number of hydrogen-bond donors (Lipinski definition) is 1. The highest BCUT2D eigenvalue weighted by molar-refractivity contribution is 5.86. The van der Waals surface area contributed by atoms with Crippen molar-refractivity contribution in [3.63, 3.8) is 0 Å². The van der Waals surface area contributed by atoms with Crippen LogP contribution in [0, 0.1) is 0 Å². The van der Waals surface area contributed by atoms with E-state index in [1.807, 2.05) is 13.2 Å². The molecule has 3 rings (SSSR count). The van der Waals surface area contributed by atoms with Crippen LogP contribution in [0.25, 0.3) is 11.0 Å². The molecule has 2 heterocycles. The quantitative estimate of drug-likeness (QED) is 0.859. The molecule has 0 saturated heterocycles. The van der Waals surface area contributed by atoms with Gasteiger partial charge in [-0.15, -0.1) is 0 Å². The van der Waals surface area contributed by atoms with Crippen LogP contribution in [0.1, 0.15) is 19.3 Å². The molecular formula is C12H18N6. The second kappa shape index (κ2) is 4.53. The number of nitrogens with two attached hydrogens (primary N) is 1. The summed E-state index contributed by atoms with van der Waals surface area (Å²) in [6.45, 7) is 1.48. The maximum Gasteiger partial charge on any atom is 0.163 e. The van der Waals surface area contributed by atoms with Gasteiger partial charge in [-0.25, -0.2) is 9.97 Å². The van der Waals surface area contributed by atoms with E-state index in [0.29, 0.717) is 12.6 Å². The van der Waals surface area contributed by atoms with E-state index in [2.05, 4.69) is 20.0 Å². The van der Waals surface area contributed by atoms with Crippen LogP contribution in [0.3, 0.4) is 0 Å². The van der Waals surface area contributed by atoms with Crippen LogP contribution in [-0.2, 0) is 7.05 Å². The van der Waals surface area contributed by atoms with E-state index in [4.69, 9.17) is 5.73 Å². The molecule has 2 N–H and O–H groups in total. The van der Waals surface area contributed by atoms with Crippen molar-refractivity contribution in [3.8, 4) is 0 Å². The third kappa shape index (κ3) is 1.73. The van der Waals surface area contributed by atoms with Crippen LogP contribution >= 0.6 is 0 Å². The van der Waals surface area contributed by atoms with Crippen molar-refractivity contribution < 1.29 is 0 Å². The maximum atomic E-state index is 5.73. The summed E-state index contributed by atoms with van der Waals surface area (Å²) in [4.78, 5) is 11.0. The number of fused-ring (bicyclic) bond motifs is 1. The lowest BCUT2D eigenvalue weighted by atomic mass is 9.91. The molecule has 1 aliphatic rings. The molecule has 0 aliphatic heterocycles. The second-order valence-electron chi connectivity index (χ2n) is 4.77. The van der Waals surface area contributed by atoms with Crippen molar-refractivity contribution in [2.24, 2.45) is 12.8 Å². The lowest BCUT2D eigenvalue weighted by molar-refractivity contribution is 0.386. The largest absolute Gasteiger partial charge is 0.352 e. The first-order valence-corrected chi connectivity index (χ1v) is 6.40. The zero-order chi connectivity index (χ0) is 12.5. The molecule has 1 fully saturated rings. The minimum absolute atomic E-state index is 0.576. The molecule has 0 aromatic carbocycles. The van der Waals surface area contributed by atoms with E-state index < -0.39 is 0 Å². The predicted molar refractivity (Wildman–Crippen MR) is 70.3 cm³/mol. The highest BCUT2D eigenvalue weighted by Crippen LogP contribution is 2.31. The standard InChI is InChI=1S/C12H18N6/c1-17-11-10(7-16-17)12(15-8-14-11)18(6-5-13)9-3-2-4-9/h7-9H,2-6,13H2,1H3. The van der Waals surface area contributed by atoms with Gasteiger partial charge in [0, 0.05) is 26.2 Å². The average molecular weight is 246 g/mol. The Morgan fingerprint density at radius 3 is 2.94 bits per heavy atom. The summed E-state index contributed by atoms with van der Waals surface area (Å²) in [6.07, 6.45) is 7.21. The molecule has 6 heteroatoms. The highest BCUT2D eigenvalue weighted by Gasteiger charge is 2.27. The smallest absolute Gasteiger partial charge is 0.163 e. The van der Waals surface area contributed by atoms with E-state index in [0.717, 1.165) is 23.4 Å². The summed E-state index contributed by atoms with van der Waals surface area (Å²) < 4.78 is 1.78. The Morgan fingerprint density at radius 1 is 1.44 bits per heavy atom. The summed E-state index contributed by atoms with van der Waals surface area (Å²) in [5.41, 5.74) is 6.60. The zero-order valence-corrected chi connectivity index (χ0v) is 10.6. The van der Waals surface area contributed by atoms with E-state index in [9.17, 15) is 0 Å². The molecular weight excluding hydrogens is 228 g/mol. The summed E-state index contributed by atoms with van der Waals surface area (Å²) in [6, 6.07) is 0.576. The van der Waals surface area contributed by atoms with Gasteiger partial charge in [0.25, 0.3) is 0 Å². The summed E-state index contributed by atoms with van der Waals surface area (Å²) in [5.74, 6) is 0.975. The predicted octanol–water partition coefficient (Wildman–Crippen LogP) is 0.681. The van der Waals surface area contributed by atoms with Crippen LogP contribution in [-0.4, -0.2) is 38.9 Å². The van der Waals surface area contributed by atoms with Gasteiger partial charge in [-0.1, -0.05) is 0 Å². The number of rotatable bonds is 4. The van der Waals surface area contributed by atoms with Crippen molar-refractivity contribution in [3.05, 3.63) is 12.5 Å². The lowest BCUT2D eigenvalue weighted by Gasteiger charge is -2.38. The molecule has 1 aliphatic carbocycles. The highest BCUT2D eigenvalue weighted by atomic mass is 15.3. The summed E-state index contributed by atoms with van der Waals surface area (Å²) in [7, 11) is 1.90. The third-order valence-corrected chi connectivity index (χ3v) is 3.67. The molecule has 0 bridgehead atoms. The van der Waals surface area contributed by atoms with Gasteiger partial charge in [0.05, 0.1) is 11.6 Å². The SMILES string of the molecule is Cn1ncc2c(N(CCN)C3CCC3)ncnc21. The fraction of sp³-hybridized carbons (Fsp3) is 0.583. The third-order valence-electron chi connectivity index (χ3n) is 3.67. The Kier molecular flexibility index (Phi) is 2.87. The minimum atomic E-state index is 0.576. The number of hydrogen-bond acceptors (Lipinski definition) is 5. The van der Waals surface area contributed by atoms with Gasteiger partial charge in [0.2, 0.25) is 0 Å². The fourth-order valence-electron chi connectivity index (χ4n) is 2.48. The lowest BCUT2D eigenvalue weighted by Crippen LogP contribution is -2.43. The fourth-order valence-corrected chi connectivity index (χ4v) is 2.48. The Labute approximate surface area is 106 Å². The van der Waals surface area contributed by atoms with Gasteiger partial charge in [-0.05, 0) is 19.3 Å². The number of aryl methyl sites for hydroxylation is 1. The van der Waals surface area contributed by atoms with Crippen LogP contribution in [0.4, 0.5) is 5.82 Å². The first-order chi connectivity index (χ1) is 8.81. The molecule has 1 saturated carbocycles. The molecule has 0 atom stereocenters. The Hall–Kier alpha value is -1.69. The van der Waals surface area contributed by atoms with E-state index in [1.54, 1.807) is 11.0 Å². The van der Waals surface area contributed by atoms with Crippen molar-refractivity contribution in [1.29, 1.82) is 0 Å². The molecule has 0 amide bonds. The number of aromatic nitrogens is 4. The van der Waals surface area contributed by atoms with Gasteiger partial charge < -0.3 is 10.6 Å². The van der Waals surface area contributed by atoms with Gasteiger partial charge in [0.1, 0.15) is 12.1 Å². The number of anilines is 1. The van der Waals surface area contributed by atoms with Crippen LogP contribution in [0.5, 0.6) is 0 Å². The zero-order valence-electron chi connectivity index (χ0n) is 10.6. The van der Waals surface area contributed by atoms with Crippen molar-refractivity contribution >= 4 is 16.9 Å². The topological polar surface area (TPSA) is 72.9 Å². The minimum Gasteiger partial charge on any atom is -0.352 e. The monoisotopic (exact) mass is 246 g/mol. The van der Waals surface area contributed by atoms with E-state index in [1.165, 1.54) is 19.3 Å².